The minimum absolute atomic E-state index is 0.486. The van der Waals surface area contributed by atoms with Gasteiger partial charge in [-0.05, 0) is 40.0 Å². The van der Waals surface area contributed by atoms with Gasteiger partial charge in [-0.25, -0.2) is 18.7 Å². The van der Waals surface area contributed by atoms with Gasteiger partial charge in [0.2, 0.25) is 0 Å². The van der Waals surface area contributed by atoms with Crippen molar-refractivity contribution in [3.8, 4) is 0 Å². The third-order valence-electron chi connectivity index (χ3n) is 2.65. The summed E-state index contributed by atoms with van der Waals surface area (Å²) in [5.41, 5.74) is 0.592. The lowest BCUT2D eigenvalue weighted by Crippen LogP contribution is -2.08. The van der Waals surface area contributed by atoms with Gasteiger partial charge in [0.15, 0.2) is 0 Å². The normalized spacial score (nSPS) is 10.4. The van der Waals surface area contributed by atoms with Crippen LogP contribution in [0.5, 0.6) is 0 Å². The molecule has 0 aliphatic carbocycles. The number of benzene rings is 1. The van der Waals surface area contributed by atoms with Crippen molar-refractivity contribution in [3.63, 3.8) is 0 Å². The largest absolute Gasteiger partial charge is 0.372 e. The minimum Gasteiger partial charge on any atom is -0.372 e. The van der Waals surface area contributed by atoms with Crippen LogP contribution in [0.1, 0.15) is 5.56 Å². The summed E-state index contributed by atoms with van der Waals surface area (Å²) in [6, 6.07) is 3.49. The highest BCUT2D eigenvalue weighted by Crippen LogP contribution is 2.25. The smallest absolute Gasteiger partial charge is 0.145 e. The van der Waals surface area contributed by atoms with Crippen LogP contribution in [0.4, 0.5) is 20.4 Å². The van der Waals surface area contributed by atoms with E-state index in [1.807, 2.05) is 0 Å². The Morgan fingerprint density at radius 3 is 2.40 bits per heavy atom. The maximum atomic E-state index is 13.0. The lowest BCUT2D eigenvalue weighted by molar-refractivity contribution is 0.580. The molecule has 0 unspecified atom stereocenters. The molecule has 0 amide bonds. The first kappa shape index (κ1) is 14.6. The van der Waals surface area contributed by atoms with Gasteiger partial charge in [-0.2, -0.15) is 0 Å². The number of anilines is 2. The molecular weight excluding hydrogens is 330 g/mol. The molecule has 1 aromatic heterocycles. The molecule has 106 valence electrons. The van der Waals surface area contributed by atoms with Crippen LogP contribution in [-0.4, -0.2) is 23.6 Å². The molecule has 7 heteroatoms. The van der Waals surface area contributed by atoms with Crippen molar-refractivity contribution in [1.29, 1.82) is 0 Å². The molecule has 0 aliphatic heterocycles. The van der Waals surface area contributed by atoms with Crippen molar-refractivity contribution in [1.82, 2.24) is 9.97 Å². The monoisotopic (exact) mass is 342 g/mol. The van der Waals surface area contributed by atoms with E-state index in [1.165, 1.54) is 18.5 Å². The summed E-state index contributed by atoms with van der Waals surface area (Å²) < 4.78 is 26.8. The van der Waals surface area contributed by atoms with Gasteiger partial charge in [-0.15, -0.1) is 0 Å². The van der Waals surface area contributed by atoms with Gasteiger partial charge in [0.25, 0.3) is 0 Å². The molecule has 1 heterocycles. The fourth-order valence-electron chi connectivity index (χ4n) is 1.75. The molecule has 4 nitrogen and oxygen atoms in total. The average Bonchev–Trinajstić information content (AvgIpc) is 2.39. The maximum absolute atomic E-state index is 13.0. The topological polar surface area (TPSA) is 49.8 Å². The van der Waals surface area contributed by atoms with Crippen molar-refractivity contribution in [2.75, 3.05) is 24.2 Å². The van der Waals surface area contributed by atoms with Crippen LogP contribution >= 0.6 is 15.9 Å². The van der Waals surface area contributed by atoms with Gasteiger partial charge in [0.1, 0.15) is 34.1 Å². The molecular formula is C13H13BrF2N4. The second-order valence-corrected chi connectivity index (χ2v) is 4.88. The Balaban J connectivity index is 1.99. The summed E-state index contributed by atoms with van der Waals surface area (Å²) in [4.78, 5) is 8.13. The van der Waals surface area contributed by atoms with Gasteiger partial charge in [-0.1, -0.05) is 0 Å². The molecule has 1 aromatic carbocycles. The maximum Gasteiger partial charge on any atom is 0.145 e. The summed E-state index contributed by atoms with van der Waals surface area (Å²) in [5, 5.41) is 6.01. The zero-order valence-corrected chi connectivity index (χ0v) is 12.3. The second-order valence-electron chi connectivity index (χ2n) is 4.09. The van der Waals surface area contributed by atoms with Gasteiger partial charge in [0.05, 0.1) is 0 Å². The van der Waals surface area contributed by atoms with E-state index in [9.17, 15) is 8.78 Å². The minimum atomic E-state index is -0.569. The Kier molecular flexibility index (Phi) is 4.84. The zero-order chi connectivity index (χ0) is 14.5. The summed E-state index contributed by atoms with van der Waals surface area (Å²) in [5.74, 6) is 0.155. The van der Waals surface area contributed by atoms with Crippen molar-refractivity contribution >= 4 is 27.6 Å². The second kappa shape index (κ2) is 6.60. The number of nitrogens with one attached hydrogen (secondary N) is 2. The van der Waals surface area contributed by atoms with Crippen LogP contribution in [0, 0.1) is 11.6 Å². The predicted molar refractivity (Wildman–Crippen MR) is 77.8 cm³/mol. The van der Waals surface area contributed by atoms with E-state index in [-0.39, 0.29) is 0 Å². The molecule has 0 saturated carbocycles. The number of halogens is 3. The Bertz CT molecular complexity index is 587. The van der Waals surface area contributed by atoms with E-state index in [0.29, 0.717) is 34.6 Å². The molecule has 2 rings (SSSR count). The van der Waals surface area contributed by atoms with Crippen molar-refractivity contribution < 1.29 is 8.78 Å². The zero-order valence-electron chi connectivity index (χ0n) is 10.8. The molecule has 0 atom stereocenters. The van der Waals surface area contributed by atoms with Crippen LogP contribution in [0.2, 0.25) is 0 Å². The summed E-state index contributed by atoms with van der Waals surface area (Å²) in [6.07, 6.45) is 1.92. The van der Waals surface area contributed by atoms with Gasteiger partial charge < -0.3 is 10.6 Å². The average molecular weight is 343 g/mol. The van der Waals surface area contributed by atoms with Gasteiger partial charge in [-0.3, -0.25) is 0 Å². The Morgan fingerprint density at radius 1 is 1.10 bits per heavy atom. The first-order chi connectivity index (χ1) is 9.60. The van der Waals surface area contributed by atoms with Crippen molar-refractivity contribution in [2.24, 2.45) is 0 Å². The standard InChI is InChI=1S/C13H13BrF2N4/c1-17-12-11(14)13(20-7-19-12)18-3-2-8-4-9(15)6-10(16)5-8/h4-7H,2-3H2,1H3,(H2,17,18,19,20). The highest BCUT2D eigenvalue weighted by Gasteiger charge is 2.07. The molecule has 0 radical (unpaired) electrons. The predicted octanol–water partition coefficient (Wildman–Crippen LogP) is 3.21. The van der Waals surface area contributed by atoms with E-state index in [1.54, 1.807) is 7.05 Å². The molecule has 0 fully saturated rings. The van der Waals surface area contributed by atoms with Gasteiger partial charge >= 0.3 is 0 Å². The quantitative estimate of drug-likeness (QED) is 0.875. The van der Waals surface area contributed by atoms with Crippen molar-refractivity contribution in [3.05, 3.63) is 46.2 Å². The number of aromatic nitrogens is 2. The van der Waals surface area contributed by atoms with Crippen LogP contribution < -0.4 is 10.6 Å². The SMILES string of the molecule is CNc1ncnc(NCCc2cc(F)cc(F)c2)c1Br. The van der Waals surface area contributed by atoms with E-state index in [0.717, 1.165) is 6.07 Å². The highest BCUT2D eigenvalue weighted by atomic mass is 79.9. The van der Waals surface area contributed by atoms with E-state index in [2.05, 4.69) is 36.5 Å². The van der Waals surface area contributed by atoms with E-state index >= 15 is 0 Å². The first-order valence-corrected chi connectivity index (χ1v) is 6.76. The lowest BCUT2D eigenvalue weighted by atomic mass is 10.1. The van der Waals surface area contributed by atoms with Crippen LogP contribution in [0.25, 0.3) is 0 Å². The highest BCUT2D eigenvalue weighted by molar-refractivity contribution is 9.10. The van der Waals surface area contributed by atoms with Crippen LogP contribution in [-0.2, 0) is 6.42 Å². The third kappa shape index (κ3) is 3.63. The number of hydrogen-bond acceptors (Lipinski definition) is 4. The molecule has 20 heavy (non-hydrogen) atoms. The van der Waals surface area contributed by atoms with E-state index < -0.39 is 11.6 Å². The molecule has 2 aromatic rings. The number of nitrogens with zero attached hydrogens (tertiary/aromatic N) is 2. The Labute approximate surface area is 123 Å². The summed E-state index contributed by atoms with van der Waals surface area (Å²) in [7, 11) is 1.76. The summed E-state index contributed by atoms with van der Waals surface area (Å²) in [6.45, 7) is 0.502. The third-order valence-corrected chi connectivity index (χ3v) is 3.41. The molecule has 0 saturated heterocycles. The first-order valence-electron chi connectivity index (χ1n) is 5.97. The van der Waals surface area contributed by atoms with Crippen molar-refractivity contribution in [2.45, 2.75) is 6.42 Å². The molecule has 0 spiro atoms. The fraction of sp³-hybridized carbons (Fsp3) is 0.231. The van der Waals surface area contributed by atoms with Crippen LogP contribution in [0.3, 0.4) is 0 Å². The van der Waals surface area contributed by atoms with E-state index in [4.69, 9.17) is 0 Å². The fourth-order valence-corrected chi connectivity index (χ4v) is 2.29. The number of hydrogen-bond donors (Lipinski definition) is 2. The Hall–Kier alpha value is -1.76. The molecule has 0 bridgehead atoms. The Morgan fingerprint density at radius 2 is 1.75 bits per heavy atom. The lowest BCUT2D eigenvalue weighted by Gasteiger charge is -2.10. The summed E-state index contributed by atoms with van der Waals surface area (Å²) >= 11 is 3.38. The van der Waals surface area contributed by atoms with Gasteiger partial charge in [0, 0.05) is 19.7 Å². The number of rotatable bonds is 5. The van der Waals surface area contributed by atoms with Crippen LogP contribution in [0.15, 0.2) is 29.0 Å². The molecule has 0 aliphatic rings. The molecule has 2 N–H and O–H groups in total.